The van der Waals surface area contributed by atoms with Gasteiger partial charge >= 0.3 is 0 Å². The number of hydrogen-bond acceptors (Lipinski definition) is 2. The number of para-hydroxylation sites is 1. The number of phenolic OH excluding ortho intramolecular Hbond substituents is 1. The van der Waals surface area contributed by atoms with Crippen LogP contribution >= 0.6 is 11.6 Å². The molecule has 0 aromatic heterocycles. The third-order valence-electron chi connectivity index (χ3n) is 2.36. The quantitative estimate of drug-likeness (QED) is 0.858. The Morgan fingerprint density at radius 3 is 2.50 bits per heavy atom. The average Bonchev–Trinajstić information content (AvgIpc) is 2.30. The van der Waals surface area contributed by atoms with E-state index >= 15 is 0 Å². The van der Waals surface area contributed by atoms with Gasteiger partial charge in [0.2, 0.25) is 0 Å². The Bertz CT molecular complexity index is 509. The lowest BCUT2D eigenvalue weighted by Gasteiger charge is -2.10. The summed E-state index contributed by atoms with van der Waals surface area (Å²) in [5.41, 5.74) is 1.56. The van der Waals surface area contributed by atoms with Crippen molar-refractivity contribution >= 4 is 11.6 Å². The van der Waals surface area contributed by atoms with Crippen molar-refractivity contribution < 1.29 is 9.84 Å². The molecule has 82 valence electrons. The largest absolute Gasteiger partial charge is 0.507 e. The summed E-state index contributed by atoms with van der Waals surface area (Å²) in [6.07, 6.45) is 0. The number of ether oxygens (including phenoxy) is 1. The van der Waals surface area contributed by atoms with Crippen LogP contribution in [0.25, 0.3) is 11.1 Å². The van der Waals surface area contributed by atoms with Gasteiger partial charge in [-0.2, -0.15) is 0 Å². The van der Waals surface area contributed by atoms with Crippen LogP contribution in [0.1, 0.15) is 0 Å². The fourth-order valence-corrected chi connectivity index (χ4v) is 1.75. The van der Waals surface area contributed by atoms with Crippen molar-refractivity contribution in [1.82, 2.24) is 0 Å². The molecule has 0 unspecified atom stereocenters. The van der Waals surface area contributed by atoms with E-state index in [-0.39, 0.29) is 5.75 Å². The monoisotopic (exact) mass is 234 g/mol. The molecule has 1 N–H and O–H groups in total. The second kappa shape index (κ2) is 4.45. The first-order valence-electron chi connectivity index (χ1n) is 4.84. The first-order valence-corrected chi connectivity index (χ1v) is 5.22. The molecule has 0 amide bonds. The van der Waals surface area contributed by atoms with Gasteiger partial charge in [-0.05, 0) is 24.3 Å². The van der Waals surface area contributed by atoms with E-state index in [9.17, 15) is 5.11 Å². The van der Waals surface area contributed by atoms with E-state index in [0.717, 1.165) is 11.1 Å². The molecular formula is C13H11ClO2. The number of rotatable bonds is 2. The fourth-order valence-electron chi connectivity index (χ4n) is 1.59. The lowest BCUT2D eigenvalue weighted by Crippen LogP contribution is -1.88. The van der Waals surface area contributed by atoms with Crippen molar-refractivity contribution in [1.29, 1.82) is 0 Å². The molecule has 2 aromatic carbocycles. The standard InChI is InChI=1S/C13H11ClO2/c1-16-13-8-9(14)6-7-11(13)10-4-2-3-5-12(10)15/h2-8,15H,1H3. The summed E-state index contributed by atoms with van der Waals surface area (Å²) < 4.78 is 5.24. The summed E-state index contributed by atoms with van der Waals surface area (Å²) in [5, 5.41) is 10.4. The number of phenols is 1. The molecule has 0 aliphatic heterocycles. The Hall–Kier alpha value is -1.67. The van der Waals surface area contributed by atoms with Gasteiger partial charge in [-0.15, -0.1) is 0 Å². The zero-order valence-electron chi connectivity index (χ0n) is 8.77. The smallest absolute Gasteiger partial charge is 0.128 e. The molecule has 0 heterocycles. The summed E-state index contributed by atoms with van der Waals surface area (Å²) in [7, 11) is 1.58. The molecule has 0 bridgehead atoms. The summed E-state index contributed by atoms with van der Waals surface area (Å²) in [5.74, 6) is 0.872. The van der Waals surface area contributed by atoms with Crippen molar-refractivity contribution in [2.75, 3.05) is 7.11 Å². The third-order valence-corrected chi connectivity index (χ3v) is 2.59. The molecule has 0 spiro atoms. The highest BCUT2D eigenvalue weighted by Crippen LogP contribution is 2.36. The van der Waals surface area contributed by atoms with Crippen molar-refractivity contribution in [3.63, 3.8) is 0 Å². The minimum Gasteiger partial charge on any atom is -0.507 e. The van der Waals surface area contributed by atoms with Crippen molar-refractivity contribution in [2.24, 2.45) is 0 Å². The maximum atomic E-state index is 9.76. The van der Waals surface area contributed by atoms with E-state index in [2.05, 4.69) is 0 Å². The molecule has 3 heteroatoms. The second-order valence-corrected chi connectivity index (χ2v) is 3.80. The highest BCUT2D eigenvalue weighted by molar-refractivity contribution is 6.30. The lowest BCUT2D eigenvalue weighted by atomic mass is 10.0. The summed E-state index contributed by atoms with van der Waals surface area (Å²) in [6, 6.07) is 12.4. The van der Waals surface area contributed by atoms with E-state index in [0.29, 0.717) is 10.8 Å². The molecule has 0 saturated carbocycles. The highest BCUT2D eigenvalue weighted by Gasteiger charge is 2.09. The van der Waals surface area contributed by atoms with Crippen LogP contribution in [0.3, 0.4) is 0 Å². The first kappa shape index (κ1) is 10.8. The number of hydrogen-bond donors (Lipinski definition) is 1. The Morgan fingerprint density at radius 1 is 1.06 bits per heavy atom. The van der Waals surface area contributed by atoms with Crippen LogP contribution in [0, 0.1) is 0 Å². The molecule has 2 aromatic rings. The van der Waals surface area contributed by atoms with Gasteiger partial charge in [-0.25, -0.2) is 0 Å². The Labute approximate surface area is 99.1 Å². The second-order valence-electron chi connectivity index (χ2n) is 3.36. The van der Waals surface area contributed by atoms with Gasteiger partial charge in [0, 0.05) is 16.1 Å². The third kappa shape index (κ3) is 1.97. The summed E-state index contributed by atoms with van der Waals surface area (Å²) in [6.45, 7) is 0. The van der Waals surface area contributed by atoms with Crippen LogP contribution < -0.4 is 4.74 Å². The van der Waals surface area contributed by atoms with Crippen LogP contribution in [0.15, 0.2) is 42.5 Å². The normalized spacial score (nSPS) is 10.1. The minimum atomic E-state index is 0.225. The van der Waals surface area contributed by atoms with E-state index in [1.807, 2.05) is 18.2 Å². The van der Waals surface area contributed by atoms with Gasteiger partial charge in [0.25, 0.3) is 0 Å². The zero-order valence-corrected chi connectivity index (χ0v) is 9.53. The van der Waals surface area contributed by atoms with Gasteiger partial charge in [0.05, 0.1) is 7.11 Å². The van der Waals surface area contributed by atoms with Gasteiger partial charge in [-0.3, -0.25) is 0 Å². The maximum Gasteiger partial charge on any atom is 0.128 e. The number of benzene rings is 2. The fraction of sp³-hybridized carbons (Fsp3) is 0.0769. The van der Waals surface area contributed by atoms with Crippen LogP contribution in [-0.4, -0.2) is 12.2 Å². The molecular weight excluding hydrogens is 224 g/mol. The average molecular weight is 235 g/mol. The van der Waals surface area contributed by atoms with Gasteiger partial charge in [0.1, 0.15) is 11.5 Å². The summed E-state index contributed by atoms with van der Waals surface area (Å²) in [4.78, 5) is 0. The number of aromatic hydroxyl groups is 1. The molecule has 0 atom stereocenters. The van der Waals surface area contributed by atoms with Crippen LogP contribution in [-0.2, 0) is 0 Å². The number of methoxy groups -OCH3 is 1. The first-order chi connectivity index (χ1) is 7.72. The minimum absolute atomic E-state index is 0.225. The Kier molecular flexibility index (Phi) is 3.02. The SMILES string of the molecule is COc1cc(Cl)ccc1-c1ccccc1O. The molecule has 2 nitrogen and oxygen atoms in total. The molecule has 0 radical (unpaired) electrons. The van der Waals surface area contributed by atoms with Crippen LogP contribution in [0.4, 0.5) is 0 Å². The molecule has 0 aliphatic carbocycles. The van der Waals surface area contributed by atoms with E-state index in [1.165, 1.54) is 0 Å². The number of halogens is 1. The highest BCUT2D eigenvalue weighted by atomic mass is 35.5. The predicted molar refractivity (Wildman–Crippen MR) is 65.1 cm³/mol. The topological polar surface area (TPSA) is 29.5 Å². The van der Waals surface area contributed by atoms with Gasteiger partial charge in [0.15, 0.2) is 0 Å². The zero-order chi connectivity index (χ0) is 11.5. The maximum absolute atomic E-state index is 9.76. The van der Waals surface area contributed by atoms with Gasteiger partial charge in [-0.1, -0.05) is 29.8 Å². The van der Waals surface area contributed by atoms with Gasteiger partial charge < -0.3 is 9.84 Å². The van der Waals surface area contributed by atoms with E-state index in [1.54, 1.807) is 31.4 Å². The van der Waals surface area contributed by atoms with E-state index < -0.39 is 0 Å². The molecule has 0 saturated heterocycles. The van der Waals surface area contributed by atoms with Crippen LogP contribution in [0.2, 0.25) is 5.02 Å². The molecule has 0 aliphatic rings. The van der Waals surface area contributed by atoms with Crippen molar-refractivity contribution in [3.05, 3.63) is 47.5 Å². The van der Waals surface area contributed by atoms with E-state index in [4.69, 9.17) is 16.3 Å². The lowest BCUT2D eigenvalue weighted by molar-refractivity contribution is 0.416. The molecule has 2 rings (SSSR count). The molecule has 16 heavy (non-hydrogen) atoms. The predicted octanol–water partition coefficient (Wildman–Crippen LogP) is 3.72. The van der Waals surface area contributed by atoms with Crippen LogP contribution in [0.5, 0.6) is 11.5 Å². The Morgan fingerprint density at radius 2 is 1.81 bits per heavy atom. The van der Waals surface area contributed by atoms with Crippen molar-refractivity contribution in [3.8, 4) is 22.6 Å². The van der Waals surface area contributed by atoms with Crippen molar-refractivity contribution in [2.45, 2.75) is 0 Å². The summed E-state index contributed by atoms with van der Waals surface area (Å²) >= 11 is 5.88. The molecule has 0 fully saturated rings. The Balaban J connectivity index is 2.60.